The second-order valence-electron chi connectivity index (χ2n) is 2.37. The quantitative estimate of drug-likeness (QED) is 0.574. The average Bonchev–Trinajstić information content (AvgIpc) is 2.30. The van der Waals surface area contributed by atoms with Crippen LogP contribution in [-0.4, -0.2) is 5.97 Å². The number of hydrogen-bond acceptors (Lipinski definition) is 2. The van der Waals surface area contributed by atoms with Crippen LogP contribution in [0.3, 0.4) is 0 Å². The highest BCUT2D eigenvalue weighted by Gasteiger charge is 2.31. The van der Waals surface area contributed by atoms with Gasteiger partial charge in [0.2, 0.25) is 0 Å². The molecule has 11 heavy (non-hydrogen) atoms. The maximum Gasteiger partial charge on any atom is 0.323 e. The molecular formula is C8H5BrO2. The van der Waals surface area contributed by atoms with E-state index in [1.807, 2.05) is 24.3 Å². The van der Waals surface area contributed by atoms with Crippen LogP contribution in [-0.2, 0) is 9.53 Å². The topological polar surface area (TPSA) is 26.3 Å². The van der Waals surface area contributed by atoms with Crippen LogP contribution in [0.5, 0.6) is 0 Å². The van der Waals surface area contributed by atoms with Gasteiger partial charge in [0.25, 0.3) is 0 Å². The molecule has 1 aliphatic heterocycles. The largest absolute Gasteiger partial charge is 0.418 e. The Labute approximate surface area is 72.4 Å². The highest BCUT2D eigenvalue weighted by Crippen LogP contribution is 2.33. The smallest absolute Gasteiger partial charge is 0.323 e. The zero-order valence-electron chi connectivity index (χ0n) is 5.58. The first-order chi connectivity index (χ1) is 5.29. The summed E-state index contributed by atoms with van der Waals surface area (Å²) in [6, 6.07) is 0. The van der Waals surface area contributed by atoms with Gasteiger partial charge in [-0.15, -0.1) is 0 Å². The Hall–Kier alpha value is -0.830. The summed E-state index contributed by atoms with van der Waals surface area (Å²) in [4.78, 5) is 11.0. The van der Waals surface area contributed by atoms with E-state index in [9.17, 15) is 4.79 Å². The molecule has 0 saturated heterocycles. The molecule has 0 aromatic carbocycles. The fourth-order valence-electron chi connectivity index (χ4n) is 1.15. The van der Waals surface area contributed by atoms with Crippen LogP contribution in [0, 0.1) is 5.92 Å². The molecule has 2 rings (SSSR count). The zero-order chi connectivity index (χ0) is 7.84. The van der Waals surface area contributed by atoms with Crippen LogP contribution >= 0.6 is 15.9 Å². The summed E-state index contributed by atoms with van der Waals surface area (Å²) in [6.45, 7) is 0. The lowest BCUT2D eigenvalue weighted by atomic mass is 9.98. The maximum atomic E-state index is 11.0. The van der Waals surface area contributed by atoms with Crippen molar-refractivity contribution in [2.75, 3.05) is 0 Å². The van der Waals surface area contributed by atoms with Crippen molar-refractivity contribution in [3.05, 3.63) is 34.5 Å². The summed E-state index contributed by atoms with van der Waals surface area (Å²) in [5.74, 6) is -0.387. The number of hydrogen-bond donors (Lipinski definition) is 0. The van der Waals surface area contributed by atoms with E-state index in [0.29, 0.717) is 4.67 Å². The molecule has 1 atom stereocenters. The van der Waals surface area contributed by atoms with E-state index in [4.69, 9.17) is 4.74 Å². The second-order valence-corrected chi connectivity index (χ2v) is 3.09. The number of cyclic esters (lactones) is 1. The molecule has 0 bridgehead atoms. The van der Waals surface area contributed by atoms with Gasteiger partial charge in [-0.2, -0.15) is 0 Å². The Balaban J connectivity index is 2.46. The number of esters is 1. The van der Waals surface area contributed by atoms with Gasteiger partial charge in [0.15, 0.2) is 4.67 Å². The molecule has 3 heteroatoms. The van der Waals surface area contributed by atoms with Gasteiger partial charge < -0.3 is 4.74 Å². The van der Waals surface area contributed by atoms with Gasteiger partial charge >= 0.3 is 5.97 Å². The number of halogens is 1. The minimum Gasteiger partial charge on any atom is -0.418 e. The molecule has 2 nitrogen and oxygen atoms in total. The van der Waals surface area contributed by atoms with Crippen LogP contribution in [0.25, 0.3) is 0 Å². The average molecular weight is 213 g/mol. The molecule has 0 amide bonds. The maximum absolute atomic E-state index is 11.0. The van der Waals surface area contributed by atoms with Crippen molar-refractivity contribution in [2.24, 2.45) is 5.92 Å². The number of ether oxygens (including phenoxy) is 1. The Morgan fingerprint density at radius 3 is 3.00 bits per heavy atom. The summed E-state index contributed by atoms with van der Waals surface area (Å²) in [5, 5.41) is 0. The SMILES string of the molecule is O=C1OC(Br)=C2C=CC=CC12. The molecule has 1 aliphatic carbocycles. The number of fused-ring (bicyclic) bond motifs is 1. The van der Waals surface area contributed by atoms with Crippen molar-refractivity contribution in [3.63, 3.8) is 0 Å². The van der Waals surface area contributed by atoms with E-state index in [-0.39, 0.29) is 11.9 Å². The lowest BCUT2D eigenvalue weighted by molar-refractivity contribution is -0.137. The molecule has 0 fully saturated rings. The third-order valence-electron chi connectivity index (χ3n) is 1.70. The highest BCUT2D eigenvalue weighted by atomic mass is 79.9. The van der Waals surface area contributed by atoms with Crippen LogP contribution in [0.15, 0.2) is 34.5 Å². The van der Waals surface area contributed by atoms with Gasteiger partial charge in [0.05, 0.1) is 0 Å². The van der Waals surface area contributed by atoms with Gasteiger partial charge in [-0.1, -0.05) is 24.3 Å². The first-order valence-corrected chi connectivity index (χ1v) is 4.04. The second kappa shape index (κ2) is 2.34. The molecule has 56 valence electrons. The number of carbonyl (C=O) groups excluding carboxylic acids is 1. The Morgan fingerprint density at radius 1 is 1.45 bits per heavy atom. The lowest BCUT2D eigenvalue weighted by Gasteiger charge is -2.03. The molecule has 0 saturated carbocycles. The first-order valence-electron chi connectivity index (χ1n) is 3.25. The van der Waals surface area contributed by atoms with Gasteiger partial charge in [-0.25, -0.2) is 0 Å². The molecular weight excluding hydrogens is 208 g/mol. The van der Waals surface area contributed by atoms with Crippen molar-refractivity contribution >= 4 is 21.9 Å². The monoisotopic (exact) mass is 212 g/mol. The Kier molecular flexibility index (Phi) is 1.46. The summed E-state index contributed by atoms with van der Waals surface area (Å²) in [7, 11) is 0. The van der Waals surface area contributed by atoms with E-state index in [1.165, 1.54) is 0 Å². The van der Waals surface area contributed by atoms with Crippen molar-refractivity contribution in [1.29, 1.82) is 0 Å². The number of carbonyl (C=O) groups is 1. The minimum atomic E-state index is -0.201. The minimum absolute atomic E-state index is 0.186. The normalized spacial score (nSPS) is 27.4. The molecule has 0 spiro atoms. The van der Waals surface area contributed by atoms with Crippen LogP contribution in [0.2, 0.25) is 0 Å². The van der Waals surface area contributed by atoms with E-state index in [2.05, 4.69) is 15.9 Å². The summed E-state index contributed by atoms with van der Waals surface area (Å²) < 4.78 is 5.41. The summed E-state index contributed by atoms with van der Waals surface area (Å²) in [6.07, 6.45) is 7.43. The lowest BCUT2D eigenvalue weighted by Crippen LogP contribution is -2.08. The summed E-state index contributed by atoms with van der Waals surface area (Å²) in [5.41, 5.74) is 0.914. The van der Waals surface area contributed by atoms with Crippen molar-refractivity contribution in [2.45, 2.75) is 0 Å². The van der Waals surface area contributed by atoms with Gasteiger partial charge in [0.1, 0.15) is 5.92 Å². The fourth-order valence-corrected chi connectivity index (χ4v) is 1.68. The van der Waals surface area contributed by atoms with Gasteiger partial charge in [-0.05, 0) is 15.9 Å². The van der Waals surface area contributed by atoms with E-state index < -0.39 is 0 Å². The van der Waals surface area contributed by atoms with Crippen molar-refractivity contribution in [1.82, 2.24) is 0 Å². The van der Waals surface area contributed by atoms with Crippen molar-refractivity contribution in [3.8, 4) is 0 Å². The van der Waals surface area contributed by atoms with E-state index in [0.717, 1.165) is 5.57 Å². The van der Waals surface area contributed by atoms with E-state index >= 15 is 0 Å². The third-order valence-corrected chi connectivity index (χ3v) is 2.32. The first kappa shape index (κ1) is 6.85. The molecule has 0 radical (unpaired) electrons. The molecule has 1 unspecified atom stereocenters. The van der Waals surface area contributed by atoms with Crippen LogP contribution in [0.1, 0.15) is 0 Å². The Bertz CT molecular complexity index is 299. The highest BCUT2D eigenvalue weighted by molar-refractivity contribution is 9.11. The van der Waals surface area contributed by atoms with Crippen LogP contribution in [0.4, 0.5) is 0 Å². The summed E-state index contributed by atoms with van der Waals surface area (Å²) >= 11 is 3.17. The molecule has 0 aromatic heterocycles. The predicted molar refractivity (Wildman–Crippen MR) is 43.8 cm³/mol. The van der Waals surface area contributed by atoms with Gasteiger partial charge in [-0.3, -0.25) is 4.79 Å². The molecule has 1 heterocycles. The molecule has 0 N–H and O–H groups in total. The third kappa shape index (κ3) is 0.959. The number of rotatable bonds is 0. The Morgan fingerprint density at radius 2 is 2.27 bits per heavy atom. The van der Waals surface area contributed by atoms with Gasteiger partial charge in [0, 0.05) is 5.57 Å². The molecule has 0 aromatic rings. The van der Waals surface area contributed by atoms with Crippen LogP contribution < -0.4 is 0 Å². The van der Waals surface area contributed by atoms with Crippen molar-refractivity contribution < 1.29 is 9.53 Å². The zero-order valence-corrected chi connectivity index (χ0v) is 7.17. The number of allylic oxidation sites excluding steroid dienone is 3. The molecule has 2 aliphatic rings. The predicted octanol–water partition coefficient (Wildman–Crippen LogP) is 1.89. The standard InChI is InChI=1S/C8H5BrO2/c9-7-5-3-1-2-4-6(5)8(10)11-7/h1-4,6H. The van der Waals surface area contributed by atoms with E-state index in [1.54, 1.807) is 0 Å². The fraction of sp³-hybridized carbons (Fsp3) is 0.125.